The molecule has 0 atom stereocenters. The van der Waals surface area contributed by atoms with Crippen LogP contribution in [0.3, 0.4) is 0 Å². The van der Waals surface area contributed by atoms with E-state index in [-0.39, 0.29) is 0 Å². The van der Waals surface area contributed by atoms with Gasteiger partial charge in [0.1, 0.15) is 11.3 Å². The lowest BCUT2D eigenvalue weighted by molar-refractivity contribution is 0.544. The van der Waals surface area contributed by atoms with Gasteiger partial charge in [0, 0.05) is 22.8 Å². The second kappa shape index (κ2) is 9.55. The van der Waals surface area contributed by atoms with Gasteiger partial charge in [-0.3, -0.25) is 0 Å². The van der Waals surface area contributed by atoms with E-state index in [9.17, 15) is 0 Å². The van der Waals surface area contributed by atoms with E-state index in [1.807, 2.05) is 0 Å². The van der Waals surface area contributed by atoms with Crippen molar-refractivity contribution in [3.63, 3.8) is 0 Å². The Balaban J connectivity index is 1.35. The Morgan fingerprint density at radius 3 is 1.87 bits per heavy atom. The third-order valence-electron chi connectivity index (χ3n) is 10.2. The van der Waals surface area contributed by atoms with Gasteiger partial charge in [-0.15, -0.1) is 0 Å². The third kappa shape index (κ3) is 3.61. The monoisotopic (exact) mass is 574 g/mol. The Morgan fingerprint density at radius 1 is 0.467 bits per heavy atom. The number of rotatable bonds is 2. The number of aryl methyl sites for hydroxylation is 1. The molecule has 0 bridgehead atoms. The molecule has 7 aromatic carbocycles. The van der Waals surface area contributed by atoms with Gasteiger partial charge in [0.2, 0.25) is 0 Å². The molecule has 0 radical (unpaired) electrons. The van der Waals surface area contributed by atoms with Crippen LogP contribution in [0.15, 0.2) is 143 Å². The normalized spacial score (nSPS) is 14.6. The summed E-state index contributed by atoms with van der Waals surface area (Å²) in [4.78, 5) is 0. The van der Waals surface area contributed by atoms with Gasteiger partial charge in [-0.05, 0) is 102 Å². The van der Waals surface area contributed by atoms with Crippen molar-refractivity contribution in [3.05, 3.63) is 150 Å². The number of hydrogen-bond acceptors (Lipinski definition) is 1. The molecule has 45 heavy (non-hydrogen) atoms. The maximum absolute atomic E-state index is 6.77. The molecular weight excluding hydrogens is 544 g/mol. The first-order chi connectivity index (χ1) is 22.3. The lowest BCUT2D eigenvalue weighted by Crippen LogP contribution is -2.04. The van der Waals surface area contributed by atoms with E-state index in [4.69, 9.17) is 4.42 Å². The molecule has 8 aromatic rings. The number of allylic oxidation sites excluding steroid dienone is 4. The second-order valence-electron chi connectivity index (χ2n) is 12.6. The van der Waals surface area contributed by atoms with E-state index in [0.717, 1.165) is 37.0 Å². The third-order valence-corrected chi connectivity index (χ3v) is 10.2. The lowest BCUT2D eigenvalue weighted by Gasteiger charge is -2.21. The Kier molecular flexibility index (Phi) is 5.30. The summed E-state index contributed by atoms with van der Waals surface area (Å²) in [5.41, 5.74) is 10.5. The van der Waals surface area contributed by atoms with Gasteiger partial charge in [-0.25, -0.2) is 0 Å². The smallest absolute Gasteiger partial charge is 0.142 e. The maximum Gasteiger partial charge on any atom is 0.142 e. The zero-order valence-corrected chi connectivity index (χ0v) is 24.9. The molecule has 1 heterocycles. The molecule has 0 spiro atoms. The molecule has 0 saturated carbocycles. The summed E-state index contributed by atoms with van der Waals surface area (Å²) < 4.78 is 6.77. The summed E-state index contributed by atoms with van der Waals surface area (Å²) in [6, 6.07) is 44.9. The van der Waals surface area contributed by atoms with Crippen molar-refractivity contribution in [2.75, 3.05) is 0 Å². The van der Waals surface area contributed by atoms with Crippen LogP contribution >= 0.6 is 0 Å². The molecule has 2 aliphatic rings. The summed E-state index contributed by atoms with van der Waals surface area (Å²) in [5.74, 6) is 1.16. The van der Waals surface area contributed by atoms with Gasteiger partial charge >= 0.3 is 0 Å². The molecule has 0 unspecified atom stereocenters. The molecule has 0 amide bonds. The first-order valence-electron chi connectivity index (χ1n) is 16.1. The summed E-state index contributed by atoms with van der Waals surface area (Å²) in [6.45, 7) is 0. The fraction of sp³-hybridized carbons (Fsp3) is 0.0909. The van der Waals surface area contributed by atoms with Crippen LogP contribution < -0.4 is 0 Å². The van der Waals surface area contributed by atoms with Gasteiger partial charge in [-0.1, -0.05) is 121 Å². The Hall–Kier alpha value is -5.40. The largest absolute Gasteiger partial charge is 0.460 e. The minimum Gasteiger partial charge on any atom is -0.460 e. The maximum atomic E-state index is 6.77. The van der Waals surface area contributed by atoms with Gasteiger partial charge < -0.3 is 4.42 Å². The average molecular weight is 575 g/mol. The van der Waals surface area contributed by atoms with Crippen LogP contribution in [0.25, 0.3) is 81.9 Å². The number of hydrogen-bond donors (Lipinski definition) is 0. The molecule has 1 nitrogen and oxygen atoms in total. The molecule has 1 heteroatoms. The highest BCUT2D eigenvalue weighted by molar-refractivity contribution is 6.26. The zero-order chi connectivity index (χ0) is 29.5. The fourth-order valence-corrected chi connectivity index (χ4v) is 8.24. The lowest BCUT2D eigenvalue weighted by atomic mass is 9.81. The Bertz CT molecular complexity index is 2530. The van der Waals surface area contributed by atoms with Gasteiger partial charge in [0.15, 0.2) is 0 Å². The SMILES string of the molecule is C1=CC2=C(CC1)c1c(oc3c1cc(-c1c4ccccc4c(-c4ccc5ccccc5c4)c4ccccc14)c1ccccc13)CC2. The molecular formula is C44H30O. The van der Waals surface area contributed by atoms with Crippen molar-refractivity contribution in [3.8, 4) is 22.3 Å². The van der Waals surface area contributed by atoms with Crippen LogP contribution in [-0.4, -0.2) is 0 Å². The van der Waals surface area contributed by atoms with Crippen LogP contribution in [0, 0.1) is 0 Å². The zero-order valence-electron chi connectivity index (χ0n) is 24.9. The summed E-state index contributed by atoms with van der Waals surface area (Å²) in [5, 5.41) is 11.3. The van der Waals surface area contributed by atoms with E-state index in [0.29, 0.717) is 0 Å². The molecule has 10 rings (SSSR count). The van der Waals surface area contributed by atoms with Crippen LogP contribution in [0.1, 0.15) is 30.6 Å². The number of benzene rings is 7. The number of fused-ring (bicyclic) bond motifs is 9. The Morgan fingerprint density at radius 2 is 1.11 bits per heavy atom. The molecule has 0 saturated heterocycles. The van der Waals surface area contributed by atoms with E-state index in [1.165, 1.54) is 87.4 Å². The molecule has 212 valence electrons. The van der Waals surface area contributed by atoms with Crippen molar-refractivity contribution >= 4 is 59.6 Å². The predicted octanol–water partition coefficient (Wildman–Crippen LogP) is 12.4. The quantitative estimate of drug-likeness (QED) is 0.187. The summed E-state index contributed by atoms with van der Waals surface area (Å²) in [6.07, 6.45) is 8.90. The van der Waals surface area contributed by atoms with E-state index in [2.05, 4.69) is 133 Å². The van der Waals surface area contributed by atoms with Crippen LogP contribution in [0.4, 0.5) is 0 Å². The topological polar surface area (TPSA) is 13.1 Å². The van der Waals surface area contributed by atoms with Crippen molar-refractivity contribution < 1.29 is 4.42 Å². The van der Waals surface area contributed by atoms with Crippen molar-refractivity contribution in [1.29, 1.82) is 0 Å². The van der Waals surface area contributed by atoms with Crippen molar-refractivity contribution in [1.82, 2.24) is 0 Å². The molecule has 0 aliphatic heterocycles. The standard InChI is InChI=1S/C44H30O/c1-2-13-29-25-30(22-21-27(29)11-1)41-33-16-6-8-18-35(33)42(36-19-9-7-17-34(36)41)38-26-39-43-31-14-4-3-12-28(31)23-24-40(43)45-44(39)37-20-10-5-15-32(37)38/h1-3,5-13,15-22,25-26H,4,14,23-24H2. The number of furan rings is 1. The van der Waals surface area contributed by atoms with E-state index < -0.39 is 0 Å². The summed E-state index contributed by atoms with van der Waals surface area (Å²) >= 11 is 0. The minimum absolute atomic E-state index is 0.961. The van der Waals surface area contributed by atoms with Crippen molar-refractivity contribution in [2.24, 2.45) is 0 Å². The van der Waals surface area contributed by atoms with Crippen LogP contribution in [0.2, 0.25) is 0 Å². The van der Waals surface area contributed by atoms with E-state index >= 15 is 0 Å². The summed E-state index contributed by atoms with van der Waals surface area (Å²) in [7, 11) is 0. The highest BCUT2D eigenvalue weighted by Crippen LogP contribution is 2.50. The molecule has 1 aromatic heterocycles. The fourth-order valence-electron chi connectivity index (χ4n) is 8.24. The first kappa shape index (κ1) is 25.0. The van der Waals surface area contributed by atoms with Crippen LogP contribution in [0.5, 0.6) is 0 Å². The van der Waals surface area contributed by atoms with E-state index in [1.54, 1.807) is 0 Å². The highest BCUT2D eigenvalue weighted by atomic mass is 16.3. The van der Waals surface area contributed by atoms with Gasteiger partial charge in [0.05, 0.1) is 0 Å². The Labute approximate surface area is 261 Å². The molecule has 0 fully saturated rings. The van der Waals surface area contributed by atoms with Crippen molar-refractivity contribution in [2.45, 2.75) is 25.7 Å². The average Bonchev–Trinajstić information content (AvgIpc) is 3.49. The highest BCUT2D eigenvalue weighted by Gasteiger charge is 2.28. The molecule has 0 N–H and O–H groups in total. The first-order valence-corrected chi connectivity index (χ1v) is 16.1. The van der Waals surface area contributed by atoms with Gasteiger partial charge in [-0.2, -0.15) is 0 Å². The van der Waals surface area contributed by atoms with Gasteiger partial charge in [0.25, 0.3) is 0 Å². The minimum atomic E-state index is 0.961. The van der Waals surface area contributed by atoms with Crippen LogP contribution in [-0.2, 0) is 6.42 Å². The second-order valence-corrected chi connectivity index (χ2v) is 12.6. The predicted molar refractivity (Wildman–Crippen MR) is 191 cm³/mol. The molecule has 2 aliphatic carbocycles.